The normalized spacial score (nSPS) is 21.1. The van der Waals surface area contributed by atoms with Crippen LogP contribution in [0.2, 0.25) is 0 Å². The predicted octanol–water partition coefficient (Wildman–Crippen LogP) is 0.979. The summed E-state index contributed by atoms with van der Waals surface area (Å²) in [5, 5.41) is 13.3. The van der Waals surface area contributed by atoms with Crippen LogP contribution in [0.5, 0.6) is 0 Å². The van der Waals surface area contributed by atoms with E-state index >= 15 is 0 Å². The molecule has 0 aromatic rings. The fraction of sp³-hybridized carbons (Fsp3) is 0.667. The molecule has 2 heterocycles. The first-order valence-corrected chi connectivity index (χ1v) is 7.63. The predicted molar refractivity (Wildman–Crippen MR) is 84.6 cm³/mol. The summed E-state index contributed by atoms with van der Waals surface area (Å²) >= 11 is 0. The zero-order valence-corrected chi connectivity index (χ0v) is 12.7. The maximum Gasteiger partial charge on any atom is 0.0759 e. The van der Waals surface area contributed by atoms with Crippen LogP contribution in [0, 0.1) is 0 Å². The second-order valence-electron chi connectivity index (χ2n) is 5.34. The molecule has 0 aliphatic carbocycles. The van der Waals surface area contributed by atoms with Gasteiger partial charge in [-0.05, 0) is 32.5 Å². The smallest absolute Gasteiger partial charge is 0.0759 e. The minimum atomic E-state index is 0.365. The van der Waals surface area contributed by atoms with Crippen LogP contribution in [0.15, 0.2) is 29.2 Å². The van der Waals surface area contributed by atoms with Gasteiger partial charge in [0.1, 0.15) is 0 Å². The number of hydrogen-bond donors (Lipinski definition) is 2. The van der Waals surface area contributed by atoms with Gasteiger partial charge in [-0.15, -0.1) is 0 Å². The summed E-state index contributed by atoms with van der Waals surface area (Å²) < 4.78 is 0. The highest BCUT2D eigenvalue weighted by molar-refractivity contribution is 5.74. The highest BCUT2D eigenvalue weighted by Crippen LogP contribution is 2.24. The topological polar surface area (TPSA) is 42.9 Å². The Morgan fingerprint density at radius 3 is 2.90 bits per heavy atom. The highest BCUT2D eigenvalue weighted by Gasteiger charge is 2.24. The van der Waals surface area contributed by atoms with Crippen LogP contribution in [-0.2, 0) is 0 Å². The van der Waals surface area contributed by atoms with E-state index in [1.807, 2.05) is 6.21 Å². The fourth-order valence-corrected chi connectivity index (χ4v) is 2.64. The molecule has 0 aromatic heterocycles. The molecule has 0 bridgehead atoms. The SMILES string of the molecule is C=C1C(N2CCNCC2)=CC=NN1C(C)CCNCC. The summed E-state index contributed by atoms with van der Waals surface area (Å²) in [6.07, 6.45) is 5.05. The molecular formula is C15H27N5. The van der Waals surface area contributed by atoms with Crippen LogP contribution in [0.4, 0.5) is 0 Å². The Bertz CT molecular complexity index is 382. The van der Waals surface area contributed by atoms with Crippen molar-refractivity contribution in [2.45, 2.75) is 26.3 Å². The van der Waals surface area contributed by atoms with E-state index in [0.717, 1.165) is 51.4 Å². The van der Waals surface area contributed by atoms with Gasteiger partial charge in [0.15, 0.2) is 0 Å². The van der Waals surface area contributed by atoms with Crippen LogP contribution in [0.25, 0.3) is 0 Å². The van der Waals surface area contributed by atoms with Crippen molar-refractivity contribution in [1.82, 2.24) is 20.5 Å². The molecule has 20 heavy (non-hydrogen) atoms. The molecule has 0 radical (unpaired) electrons. The third-order valence-electron chi connectivity index (χ3n) is 3.86. The first-order chi connectivity index (χ1) is 9.74. The first-order valence-electron chi connectivity index (χ1n) is 7.63. The van der Waals surface area contributed by atoms with E-state index in [1.165, 1.54) is 5.70 Å². The number of hydrazone groups is 1. The van der Waals surface area contributed by atoms with Crippen molar-refractivity contribution in [2.75, 3.05) is 39.3 Å². The molecule has 1 atom stereocenters. The number of nitrogens with zero attached hydrogens (tertiary/aromatic N) is 3. The molecule has 2 rings (SSSR count). The van der Waals surface area contributed by atoms with Gasteiger partial charge in [-0.3, -0.25) is 5.01 Å². The van der Waals surface area contributed by atoms with E-state index in [4.69, 9.17) is 0 Å². The molecule has 0 aromatic carbocycles. The molecule has 5 heteroatoms. The van der Waals surface area contributed by atoms with Gasteiger partial charge in [0, 0.05) is 32.4 Å². The molecule has 2 aliphatic heterocycles. The van der Waals surface area contributed by atoms with Gasteiger partial charge >= 0.3 is 0 Å². The summed E-state index contributed by atoms with van der Waals surface area (Å²) in [4.78, 5) is 2.40. The second kappa shape index (κ2) is 7.45. The maximum absolute atomic E-state index is 4.50. The standard InChI is InChI=1S/C15H27N5/c1-4-16-7-5-13(2)20-14(3)15(6-8-18-20)19-11-9-17-10-12-19/h6,8,13,16-17H,3-5,7,9-12H2,1-2H3. The van der Waals surface area contributed by atoms with Crippen molar-refractivity contribution >= 4 is 6.21 Å². The van der Waals surface area contributed by atoms with Crippen molar-refractivity contribution in [3.8, 4) is 0 Å². The minimum Gasteiger partial charge on any atom is -0.367 e. The monoisotopic (exact) mass is 277 g/mol. The van der Waals surface area contributed by atoms with Gasteiger partial charge in [-0.25, -0.2) is 0 Å². The summed E-state index contributed by atoms with van der Waals surface area (Å²) in [7, 11) is 0. The third-order valence-corrected chi connectivity index (χ3v) is 3.86. The zero-order valence-electron chi connectivity index (χ0n) is 12.7. The van der Waals surface area contributed by atoms with Crippen molar-refractivity contribution < 1.29 is 0 Å². The van der Waals surface area contributed by atoms with E-state index in [9.17, 15) is 0 Å². The van der Waals surface area contributed by atoms with Gasteiger partial charge in [-0.2, -0.15) is 5.10 Å². The van der Waals surface area contributed by atoms with Crippen molar-refractivity contribution in [3.05, 3.63) is 24.0 Å². The van der Waals surface area contributed by atoms with E-state index in [-0.39, 0.29) is 0 Å². The van der Waals surface area contributed by atoms with E-state index < -0.39 is 0 Å². The summed E-state index contributed by atoms with van der Waals surface area (Å²) in [6.45, 7) is 14.8. The van der Waals surface area contributed by atoms with Gasteiger partial charge in [-0.1, -0.05) is 13.5 Å². The number of allylic oxidation sites excluding steroid dienone is 1. The fourth-order valence-electron chi connectivity index (χ4n) is 2.64. The lowest BCUT2D eigenvalue weighted by Gasteiger charge is -2.38. The van der Waals surface area contributed by atoms with Crippen molar-refractivity contribution in [3.63, 3.8) is 0 Å². The quantitative estimate of drug-likeness (QED) is 0.710. The minimum absolute atomic E-state index is 0.365. The van der Waals surface area contributed by atoms with Crippen LogP contribution in [0.1, 0.15) is 20.3 Å². The van der Waals surface area contributed by atoms with Gasteiger partial charge in [0.2, 0.25) is 0 Å². The Balaban J connectivity index is 1.95. The van der Waals surface area contributed by atoms with Crippen molar-refractivity contribution in [1.29, 1.82) is 0 Å². The van der Waals surface area contributed by atoms with E-state index in [1.54, 1.807) is 0 Å². The third kappa shape index (κ3) is 3.61. The Morgan fingerprint density at radius 1 is 1.45 bits per heavy atom. The lowest BCUT2D eigenvalue weighted by Crippen LogP contribution is -2.45. The molecule has 2 N–H and O–H groups in total. The highest BCUT2D eigenvalue weighted by atomic mass is 15.5. The number of rotatable bonds is 6. The number of piperazine rings is 1. The van der Waals surface area contributed by atoms with Crippen LogP contribution < -0.4 is 10.6 Å². The van der Waals surface area contributed by atoms with Crippen LogP contribution in [0.3, 0.4) is 0 Å². The average Bonchev–Trinajstić information content (AvgIpc) is 2.48. The first kappa shape index (κ1) is 15.1. The molecule has 0 saturated carbocycles. The van der Waals surface area contributed by atoms with E-state index in [2.05, 4.69) is 52.1 Å². The Kier molecular flexibility index (Phi) is 5.61. The number of nitrogens with one attached hydrogen (secondary N) is 2. The molecular weight excluding hydrogens is 250 g/mol. The maximum atomic E-state index is 4.50. The van der Waals surface area contributed by atoms with Crippen LogP contribution >= 0.6 is 0 Å². The molecule has 1 fully saturated rings. The Hall–Kier alpha value is -1.33. The molecule has 0 spiro atoms. The molecule has 0 amide bonds. The lowest BCUT2D eigenvalue weighted by atomic mass is 10.1. The van der Waals surface area contributed by atoms with Gasteiger partial charge in [0.05, 0.1) is 17.4 Å². The molecule has 1 saturated heterocycles. The summed E-state index contributed by atoms with van der Waals surface area (Å²) in [5.74, 6) is 0. The average molecular weight is 277 g/mol. The van der Waals surface area contributed by atoms with Gasteiger partial charge in [0.25, 0.3) is 0 Å². The molecule has 5 nitrogen and oxygen atoms in total. The molecule has 2 aliphatic rings. The van der Waals surface area contributed by atoms with Crippen molar-refractivity contribution in [2.24, 2.45) is 5.10 Å². The van der Waals surface area contributed by atoms with Gasteiger partial charge < -0.3 is 15.5 Å². The lowest BCUT2D eigenvalue weighted by molar-refractivity contribution is 0.235. The second-order valence-corrected chi connectivity index (χ2v) is 5.34. The Labute approximate surface area is 122 Å². The molecule has 112 valence electrons. The largest absolute Gasteiger partial charge is 0.367 e. The zero-order chi connectivity index (χ0) is 14.4. The Morgan fingerprint density at radius 2 is 2.20 bits per heavy atom. The summed E-state index contributed by atoms with van der Waals surface area (Å²) in [6, 6.07) is 0.365. The molecule has 1 unspecified atom stereocenters. The summed E-state index contributed by atoms with van der Waals surface area (Å²) in [5.41, 5.74) is 2.25. The van der Waals surface area contributed by atoms with Crippen LogP contribution in [-0.4, -0.2) is 61.4 Å². The van der Waals surface area contributed by atoms with E-state index in [0.29, 0.717) is 6.04 Å². The number of hydrogen-bond acceptors (Lipinski definition) is 5.